The summed E-state index contributed by atoms with van der Waals surface area (Å²) >= 11 is 0. The van der Waals surface area contributed by atoms with Crippen LogP contribution < -0.4 is 11.1 Å². The monoisotopic (exact) mass is 244 g/mol. The lowest BCUT2D eigenvalue weighted by Crippen LogP contribution is -2.46. The van der Waals surface area contributed by atoms with Gasteiger partial charge in [0.15, 0.2) is 0 Å². The van der Waals surface area contributed by atoms with E-state index in [1.807, 2.05) is 20.8 Å². The van der Waals surface area contributed by atoms with Crippen molar-refractivity contribution in [2.24, 2.45) is 23.0 Å². The van der Waals surface area contributed by atoms with Crippen LogP contribution in [0.4, 0.5) is 0 Å². The first kappa shape index (κ1) is 15.9. The van der Waals surface area contributed by atoms with Crippen LogP contribution in [0.1, 0.15) is 34.1 Å². The van der Waals surface area contributed by atoms with E-state index in [1.165, 1.54) is 0 Å². The van der Waals surface area contributed by atoms with Crippen LogP contribution in [0.2, 0.25) is 0 Å². The van der Waals surface area contributed by atoms with Gasteiger partial charge in [0.05, 0.1) is 11.3 Å². The summed E-state index contributed by atoms with van der Waals surface area (Å²) in [6.07, 6.45) is 0.634. The average Bonchev–Trinajstić information content (AvgIpc) is 2.26. The Morgan fingerprint density at radius 1 is 1.41 bits per heavy atom. The minimum Gasteiger partial charge on any atom is -0.481 e. The standard InChI is InChI=1S/C12H24N2O3/c1-5-12(4,7-13)11(17)14-6-9(8(2)3)10(15)16/h8-9H,5-7,13H2,1-4H3,(H,14,17)(H,15,16). The molecule has 0 rings (SSSR count). The van der Waals surface area contributed by atoms with Crippen LogP contribution in [0.15, 0.2) is 0 Å². The van der Waals surface area contributed by atoms with E-state index in [4.69, 9.17) is 10.8 Å². The van der Waals surface area contributed by atoms with Gasteiger partial charge < -0.3 is 16.2 Å². The Bertz CT molecular complexity index is 273. The molecule has 5 heteroatoms. The number of carbonyl (C=O) groups excluding carboxylic acids is 1. The van der Waals surface area contributed by atoms with Crippen LogP contribution in [-0.2, 0) is 9.59 Å². The molecule has 0 spiro atoms. The van der Waals surface area contributed by atoms with E-state index in [1.54, 1.807) is 6.92 Å². The molecule has 4 N–H and O–H groups in total. The molecule has 0 radical (unpaired) electrons. The molecule has 100 valence electrons. The summed E-state index contributed by atoms with van der Waals surface area (Å²) in [6.45, 7) is 7.74. The van der Waals surface area contributed by atoms with Crippen molar-refractivity contribution in [2.45, 2.75) is 34.1 Å². The molecule has 1 amide bonds. The van der Waals surface area contributed by atoms with Crippen LogP contribution in [-0.4, -0.2) is 30.1 Å². The van der Waals surface area contributed by atoms with Crippen molar-refractivity contribution in [1.82, 2.24) is 5.32 Å². The van der Waals surface area contributed by atoms with Crippen molar-refractivity contribution in [2.75, 3.05) is 13.1 Å². The first-order chi connectivity index (χ1) is 7.78. The van der Waals surface area contributed by atoms with Gasteiger partial charge >= 0.3 is 5.97 Å². The lowest BCUT2D eigenvalue weighted by molar-refractivity contribution is -0.143. The highest BCUT2D eigenvalue weighted by Gasteiger charge is 2.31. The Balaban J connectivity index is 4.46. The Kier molecular flexibility index (Phi) is 6.16. The molecule has 2 atom stereocenters. The van der Waals surface area contributed by atoms with E-state index in [0.717, 1.165) is 0 Å². The zero-order valence-corrected chi connectivity index (χ0v) is 11.1. The minimum atomic E-state index is -0.883. The fraction of sp³-hybridized carbons (Fsp3) is 0.833. The zero-order chi connectivity index (χ0) is 13.6. The molecule has 0 bridgehead atoms. The smallest absolute Gasteiger partial charge is 0.308 e. The number of carboxylic acid groups (broad SMARTS) is 1. The molecule has 0 aromatic carbocycles. The normalized spacial score (nSPS) is 16.4. The Labute approximate surface area is 103 Å². The summed E-state index contributed by atoms with van der Waals surface area (Å²) in [5, 5.41) is 11.7. The second-order valence-corrected chi connectivity index (χ2v) is 5.02. The van der Waals surface area contributed by atoms with E-state index in [2.05, 4.69) is 5.32 Å². The van der Waals surface area contributed by atoms with Crippen molar-refractivity contribution in [3.8, 4) is 0 Å². The first-order valence-electron chi connectivity index (χ1n) is 5.99. The molecule has 2 unspecified atom stereocenters. The quantitative estimate of drug-likeness (QED) is 0.618. The molecule has 0 aromatic heterocycles. The highest BCUT2D eigenvalue weighted by atomic mass is 16.4. The van der Waals surface area contributed by atoms with Crippen LogP contribution in [0, 0.1) is 17.3 Å². The SMILES string of the molecule is CCC(C)(CN)C(=O)NCC(C(=O)O)C(C)C. The third-order valence-electron chi connectivity index (χ3n) is 3.38. The fourth-order valence-electron chi connectivity index (χ4n) is 1.42. The molecule has 0 saturated heterocycles. The van der Waals surface area contributed by atoms with Crippen molar-refractivity contribution >= 4 is 11.9 Å². The number of carboxylic acids is 1. The third kappa shape index (κ3) is 4.34. The lowest BCUT2D eigenvalue weighted by Gasteiger charge is -2.26. The number of amides is 1. The van der Waals surface area contributed by atoms with E-state index < -0.39 is 17.3 Å². The van der Waals surface area contributed by atoms with Gasteiger partial charge in [0.1, 0.15) is 0 Å². The molecular formula is C12H24N2O3. The van der Waals surface area contributed by atoms with Gasteiger partial charge in [0.25, 0.3) is 0 Å². The predicted molar refractivity (Wildman–Crippen MR) is 66.4 cm³/mol. The Morgan fingerprint density at radius 2 is 1.94 bits per heavy atom. The summed E-state index contributed by atoms with van der Waals surface area (Å²) in [5.41, 5.74) is 4.96. The Morgan fingerprint density at radius 3 is 2.24 bits per heavy atom. The molecule has 0 aromatic rings. The molecule has 0 saturated carbocycles. The average molecular weight is 244 g/mol. The zero-order valence-electron chi connectivity index (χ0n) is 11.1. The number of aliphatic carboxylic acids is 1. The van der Waals surface area contributed by atoms with E-state index in [0.29, 0.717) is 6.42 Å². The second kappa shape index (κ2) is 6.59. The van der Waals surface area contributed by atoms with Crippen LogP contribution in [0.5, 0.6) is 0 Å². The van der Waals surface area contributed by atoms with Crippen molar-refractivity contribution in [3.05, 3.63) is 0 Å². The first-order valence-corrected chi connectivity index (χ1v) is 5.99. The molecule has 0 aliphatic heterocycles. The van der Waals surface area contributed by atoms with Crippen molar-refractivity contribution in [1.29, 1.82) is 0 Å². The largest absolute Gasteiger partial charge is 0.481 e. The topological polar surface area (TPSA) is 92.4 Å². The van der Waals surface area contributed by atoms with Crippen molar-refractivity contribution in [3.63, 3.8) is 0 Å². The predicted octanol–water partition coefficient (Wildman–Crippen LogP) is 0.834. The summed E-state index contributed by atoms with van der Waals surface area (Å²) in [7, 11) is 0. The van der Waals surface area contributed by atoms with Gasteiger partial charge in [-0.2, -0.15) is 0 Å². The fourth-order valence-corrected chi connectivity index (χ4v) is 1.42. The maximum atomic E-state index is 11.9. The summed E-state index contributed by atoms with van der Waals surface area (Å²) in [5.74, 6) is -1.63. The highest BCUT2D eigenvalue weighted by molar-refractivity contribution is 5.83. The van der Waals surface area contributed by atoms with Crippen LogP contribution in [0.25, 0.3) is 0 Å². The van der Waals surface area contributed by atoms with Gasteiger partial charge in [-0.15, -0.1) is 0 Å². The number of nitrogens with two attached hydrogens (primary N) is 1. The van der Waals surface area contributed by atoms with Gasteiger partial charge in [-0.3, -0.25) is 9.59 Å². The van der Waals surface area contributed by atoms with Gasteiger partial charge in [-0.25, -0.2) is 0 Å². The molecular weight excluding hydrogens is 220 g/mol. The van der Waals surface area contributed by atoms with Crippen LogP contribution >= 0.6 is 0 Å². The summed E-state index contributed by atoms with van der Waals surface area (Å²) in [6, 6.07) is 0. The van der Waals surface area contributed by atoms with E-state index in [-0.39, 0.29) is 24.9 Å². The van der Waals surface area contributed by atoms with Gasteiger partial charge in [0, 0.05) is 13.1 Å². The number of rotatable bonds is 7. The number of carbonyl (C=O) groups is 2. The number of hydrogen-bond acceptors (Lipinski definition) is 3. The third-order valence-corrected chi connectivity index (χ3v) is 3.38. The molecule has 0 heterocycles. The molecule has 0 aliphatic rings. The number of nitrogens with one attached hydrogen (secondary N) is 1. The Hall–Kier alpha value is -1.10. The maximum absolute atomic E-state index is 11.9. The van der Waals surface area contributed by atoms with Crippen LogP contribution in [0.3, 0.4) is 0 Å². The lowest BCUT2D eigenvalue weighted by atomic mass is 9.86. The molecule has 0 fully saturated rings. The van der Waals surface area contributed by atoms with Crippen molar-refractivity contribution < 1.29 is 14.7 Å². The molecule has 0 aliphatic carbocycles. The second-order valence-electron chi connectivity index (χ2n) is 5.02. The highest BCUT2D eigenvalue weighted by Crippen LogP contribution is 2.19. The van der Waals surface area contributed by atoms with E-state index in [9.17, 15) is 9.59 Å². The maximum Gasteiger partial charge on any atom is 0.308 e. The number of hydrogen-bond donors (Lipinski definition) is 3. The summed E-state index contributed by atoms with van der Waals surface area (Å²) in [4.78, 5) is 22.9. The van der Waals surface area contributed by atoms with Gasteiger partial charge in [-0.05, 0) is 19.3 Å². The van der Waals surface area contributed by atoms with E-state index >= 15 is 0 Å². The summed E-state index contributed by atoms with van der Waals surface area (Å²) < 4.78 is 0. The minimum absolute atomic E-state index is 0.0152. The molecule has 5 nitrogen and oxygen atoms in total. The van der Waals surface area contributed by atoms with Gasteiger partial charge in [-0.1, -0.05) is 20.8 Å². The molecule has 17 heavy (non-hydrogen) atoms. The van der Waals surface area contributed by atoms with Gasteiger partial charge in [0.2, 0.25) is 5.91 Å².